The average Bonchev–Trinajstić information content (AvgIpc) is 2.43. The predicted molar refractivity (Wildman–Crippen MR) is 83.9 cm³/mol. The van der Waals surface area contributed by atoms with E-state index in [0.29, 0.717) is 18.0 Å². The van der Waals surface area contributed by atoms with Gasteiger partial charge in [-0.05, 0) is 38.1 Å². The molecular weight excluding hydrogens is 288 g/mol. The second-order valence-corrected chi connectivity index (χ2v) is 7.30. The van der Waals surface area contributed by atoms with Crippen LogP contribution < -0.4 is 5.32 Å². The summed E-state index contributed by atoms with van der Waals surface area (Å²) in [7, 11) is -1.30. The van der Waals surface area contributed by atoms with Gasteiger partial charge in [0.15, 0.2) is 9.84 Å². The Labute approximate surface area is 127 Å². The maximum Gasteiger partial charge on any atom is 0.234 e. The van der Waals surface area contributed by atoms with E-state index in [0.717, 1.165) is 12.0 Å². The van der Waals surface area contributed by atoms with Crippen molar-refractivity contribution in [1.82, 2.24) is 10.2 Å². The molecule has 0 radical (unpaired) electrons. The van der Waals surface area contributed by atoms with Gasteiger partial charge >= 0.3 is 0 Å². The van der Waals surface area contributed by atoms with Crippen molar-refractivity contribution < 1.29 is 13.2 Å². The van der Waals surface area contributed by atoms with Gasteiger partial charge in [0, 0.05) is 18.8 Å². The molecular formula is C15H24N2O3S. The Bertz CT molecular complexity index is 567. The number of amides is 1. The monoisotopic (exact) mass is 312 g/mol. The molecule has 0 aliphatic carbocycles. The van der Waals surface area contributed by atoms with Gasteiger partial charge in [0.25, 0.3) is 0 Å². The van der Waals surface area contributed by atoms with Crippen molar-refractivity contribution >= 4 is 15.7 Å². The molecule has 0 saturated heterocycles. The molecule has 0 spiro atoms. The third-order valence-electron chi connectivity index (χ3n) is 3.42. The number of hydrogen-bond donors (Lipinski definition) is 1. The zero-order valence-electron chi connectivity index (χ0n) is 13.1. The van der Waals surface area contributed by atoms with Crippen LogP contribution in [0.3, 0.4) is 0 Å². The fourth-order valence-electron chi connectivity index (χ4n) is 1.93. The molecule has 1 unspecified atom stereocenters. The van der Waals surface area contributed by atoms with Crippen molar-refractivity contribution in [2.24, 2.45) is 0 Å². The smallest absolute Gasteiger partial charge is 0.234 e. The topological polar surface area (TPSA) is 66.5 Å². The largest absolute Gasteiger partial charge is 0.355 e. The Morgan fingerprint density at radius 3 is 2.33 bits per heavy atom. The van der Waals surface area contributed by atoms with Crippen LogP contribution in [-0.4, -0.2) is 45.6 Å². The van der Waals surface area contributed by atoms with E-state index >= 15 is 0 Å². The molecule has 1 aromatic rings. The molecule has 0 aromatic heterocycles. The Kier molecular flexibility index (Phi) is 6.36. The van der Waals surface area contributed by atoms with E-state index in [1.54, 1.807) is 24.3 Å². The highest BCUT2D eigenvalue weighted by molar-refractivity contribution is 7.90. The van der Waals surface area contributed by atoms with E-state index in [2.05, 4.69) is 5.32 Å². The molecule has 6 heteroatoms. The molecule has 0 heterocycles. The van der Waals surface area contributed by atoms with Crippen molar-refractivity contribution in [2.75, 3.05) is 26.4 Å². The molecule has 5 nitrogen and oxygen atoms in total. The first-order valence-corrected chi connectivity index (χ1v) is 8.91. The van der Waals surface area contributed by atoms with Crippen LogP contribution in [0.25, 0.3) is 0 Å². The first-order chi connectivity index (χ1) is 9.75. The van der Waals surface area contributed by atoms with E-state index < -0.39 is 9.84 Å². The van der Waals surface area contributed by atoms with Gasteiger partial charge in [-0.25, -0.2) is 8.42 Å². The standard InChI is InChI=1S/C15H24N2O3S/c1-5-10-16-15(18)11-17(3)12(2)13-6-8-14(9-7-13)21(4,19)20/h6-9,12H,5,10-11H2,1-4H3,(H,16,18). The Hall–Kier alpha value is -1.40. The molecule has 1 aromatic carbocycles. The summed E-state index contributed by atoms with van der Waals surface area (Å²) in [4.78, 5) is 13.9. The molecule has 0 aliphatic rings. The number of rotatable bonds is 7. The third kappa shape index (κ3) is 5.47. The van der Waals surface area contributed by atoms with Crippen molar-refractivity contribution in [3.8, 4) is 0 Å². The number of carbonyl (C=O) groups is 1. The van der Waals surface area contributed by atoms with Crippen LogP contribution in [0.2, 0.25) is 0 Å². The zero-order chi connectivity index (χ0) is 16.0. The molecule has 0 aliphatic heterocycles. The molecule has 0 fully saturated rings. The van der Waals surface area contributed by atoms with Crippen LogP contribution in [0.5, 0.6) is 0 Å². The highest BCUT2D eigenvalue weighted by atomic mass is 32.2. The summed E-state index contributed by atoms with van der Waals surface area (Å²) >= 11 is 0. The lowest BCUT2D eigenvalue weighted by molar-refractivity contribution is -0.122. The second kappa shape index (κ2) is 7.56. The second-order valence-electron chi connectivity index (χ2n) is 5.28. The molecule has 1 N–H and O–H groups in total. The molecule has 1 atom stereocenters. The predicted octanol–water partition coefficient (Wildman–Crippen LogP) is 1.61. The maximum atomic E-state index is 11.7. The minimum Gasteiger partial charge on any atom is -0.355 e. The molecule has 21 heavy (non-hydrogen) atoms. The Balaban J connectivity index is 2.70. The number of hydrogen-bond acceptors (Lipinski definition) is 4. The van der Waals surface area contributed by atoms with Gasteiger partial charge in [0.2, 0.25) is 5.91 Å². The van der Waals surface area contributed by atoms with Crippen LogP contribution in [0.15, 0.2) is 29.2 Å². The van der Waals surface area contributed by atoms with Gasteiger partial charge in [0.05, 0.1) is 11.4 Å². The number of carbonyl (C=O) groups excluding carboxylic acids is 1. The quantitative estimate of drug-likeness (QED) is 0.830. The van der Waals surface area contributed by atoms with E-state index in [-0.39, 0.29) is 11.9 Å². The number of sulfone groups is 1. The van der Waals surface area contributed by atoms with Crippen LogP contribution in [-0.2, 0) is 14.6 Å². The van der Waals surface area contributed by atoms with Gasteiger partial charge in [-0.1, -0.05) is 19.1 Å². The molecule has 0 bridgehead atoms. The summed E-state index contributed by atoms with van der Waals surface area (Å²) in [5.41, 5.74) is 0.980. The SMILES string of the molecule is CCCNC(=O)CN(C)C(C)c1ccc(S(C)(=O)=O)cc1. The fraction of sp³-hybridized carbons (Fsp3) is 0.533. The first-order valence-electron chi connectivity index (χ1n) is 7.02. The van der Waals surface area contributed by atoms with Crippen LogP contribution >= 0.6 is 0 Å². The molecule has 1 rings (SSSR count). The van der Waals surface area contributed by atoms with E-state index in [4.69, 9.17) is 0 Å². The lowest BCUT2D eigenvalue weighted by Gasteiger charge is -2.24. The third-order valence-corrected chi connectivity index (χ3v) is 4.55. The number of nitrogens with zero attached hydrogens (tertiary/aromatic N) is 1. The van der Waals surface area contributed by atoms with Crippen molar-refractivity contribution in [3.63, 3.8) is 0 Å². The van der Waals surface area contributed by atoms with Crippen molar-refractivity contribution in [3.05, 3.63) is 29.8 Å². The number of benzene rings is 1. The minimum absolute atomic E-state index is 0.000967. The van der Waals surface area contributed by atoms with Gasteiger partial charge < -0.3 is 5.32 Å². The van der Waals surface area contributed by atoms with Gasteiger partial charge in [-0.3, -0.25) is 9.69 Å². The summed E-state index contributed by atoms with van der Waals surface area (Å²) in [6.07, 6.45) is 2.10. The normalized spacial score (nSPS) is 13.2. The van der Waals surface area contributed by atoms with Crippen LogP contribution in [0.4, 0.5) is 0 Å². The summed E-state index contributed by atoms with van der Waals surface area (Å²) in [5.74, 6) is -0.000967. The van der Waals surface area contributed by atoms with Gasteiger partial charge in [0.1, 0.15) is 0 Å². The zero-order valence-corrected chi connectivity index (χ0v) is 13.9. The summed E-state index contributed by atoms with van der Waals surface area (Å²) in [5, 5.41) is 2.84. The molecule has 118 valence electrons. The number of nitrogens with one attached hydrogen (secondary N) is 1. The van der Waals surface area contributed by atoms with Crippen LogP contribution in [0.1, 0.15) is 31.9 Å². The van der Waals surface area contributed by atoms with E-state index in [1.807, 2.05) is 25.8 Å². The van der Waals surface area contributed by atoms with Crippen molar-refractivity contribution in [2.45, 2.75) is 31.2 Å². The molecule has 1 amide bonds. The van der Waals surface area contributed by atoms with Crippen LogP contribution in [0, 0.1) is 0 Å². The van der Waals surface area contributed by atoms with E-state index in [1.165, 1.54) is 6.26 Å². The van der Waals surface area contributed by atoms with Gasteiger partial charge in [-0.15, -0.1) is 0 Å². The highest BCUT2D eigenvalue weighted by Gasteiger charge is 2.15. The summed E-state index contributed by atoms with van der Waals surface area (Å²) < 4.78 is 22.9. The van der Waals surface area contributed by atoms with E-state index in [9.17, 15) is 13.2 Å². The number of likely N-dealkylation sites (N-methyl/N-ethyl adjacent to an activating group) is 1. The Morgan fingerprint density at radius 2 is 1.86 bits per heavy atom. The molecule has 0 saturated carbocycles. The fourth-order valence-corrected chi connectivity index (χ4v) is 2.56. The summed E-state index contributed by atoms with van der Waals surface area (Å²) in [6.45, 7) is 5.00. The van der Waals surface area contributed by atoms with Gasteiger partial charge in [-0.2, -0.15) is 0 Å². The van der Waals surface area contributed by atoms with Crippen molar-refractivity contribution in [1.29, 1.82) is 0 Å². The Morgan fingerprint density at radius 1 is 1.29 bits per heavy atom. The first kappa shape index (κ1) is 17.7. The highest BCUT2D eigenvalue weighted by Crippen LogP contribution is 2.20. The lowest BCUT2D eigenvalue weighted by atomic mass is 10.1. The maximum absolute atomic E-state index is 11.7. The summed E-state index contributed by atoms with van der Waals surface area (Å²) in [6, 6.07) is 6.83. The lowest BCUT2D eigenvalue weighted by Crippen LogP contribution is -2.36. The average molecular weight is 312 g/mol. The minimum atomic E-state index is -3.17.